The molecule has 1 atom stereocenters. The van der Waals surface area contributed by atoms with Crippen molar-refractivity contribution in [1.29, 1.82) is 0 Å². The van der Waals surface area contributed by atoms with Crippen LogP contribution in [0.25, 0.3) is 11.1 Å². The highest BCUT2D eigenvalue weighted by Crippen LogP contribution is 2.28. The molecule has 6 nitrogen and oxygen atoms in total. The number of hydrogen-bond donors (Lipinski definition) is 0. The fraction of sp³-hybridized carbons (Fsp3) is 0.387. The summed E-state index contributed by atoms with van der Waals surface area (Å²) in [6.07, 6.45) is 0.390. The van der Waals surface area contributed by atoms with Crippen LogP contribution in [-0.4, -0.2) is 46.6 Å². The van der Waals surface area contributed by atoms with Crippen molar-refractivity contribution in [1.82, 2.24) is 0 Å². The van der Waals surface area contributed by atoms with Gasteiger partial charge in [-0.05, 0) is 45.9 Å². The van der Waals surface area contributed by atoms with Crippen LogP contribution >= 0.6 is 0 Å². The van der Waals surface area contributed by atoms with Gasteiger partial charge in [0, 0.05) is 26.0 Å². The van der Waals surface area contributed by atoms with Crippen molar-refractivity contribution in [2.75, 3.05) is 34.5 Å². The quantitative estimate of drug-likeness (QED) is 0.214. The normalized spacial score (nSPS) is 12.1. The van der Waals surface area contributed by atoms with Crippen LogP contribution in [0.3, 0.4) is 0 Å². The van der Waals surface area contributed by atoms with Crippen molar-refractivity contribution in [3.8, 4) is 28.4 Å². The predicted octanol–water partition coefficient (Wildman–Crippen LogP) is 6.24. The third kappa shape index (κ3) is 7.99. The van der Waals surface area contributed by atoms with Gasteiger partial charge < -0.3 is 23.7 Å². The highest BCUT2D eigenvalue weighted by Gasteiger charge is 2.21. The number of carbonyl (C=O) groups excluding carboxylic acids is 1. The van der Waals surface area contributed by atoms with E-state index in [0.717, 1.165) is 23.3 Å². The Morgan fingerprint density at radius 2 is 1.35 bits per heavy atom. The lowest BCUT2D eigenvalue weighted by atomic mass is 9.86. The van der Waals surface area contributed by atoms with E-state index in [1.807, 2.05) is 30.3 Å². The van der Waals surface area contributed by atoms with Crippen LogP contribution in [0.1, 0.15) is 38.3 Å². The second-order valence-electron chi connectivity index (χ2n) is 9.83. The molecule has 1 unspecified atom stereocenters. The van der Waals surface area contributed by atoms with Gasteiger partial charge in [0.05, 0.1) is 27.4 Å². The fourth-order valence-electron chi connectivity index (χ4n) is 3.92. The Morgan fingerprint density at radius 1 is 0.784 bits per heavy atom. The molecule has 0 amide bonds. The summed E-state index contributed by atoms with van der Waals surface area (Å²) < 4.78 is 27.3. The molecule has 0 spiro atoms. The number of hydrogen-bond acceptors (Lipinski definition) is 6. The van der Waals surface area contributed by atoms with Crippen molar-refractivity contribution < 1.29 is 28.5 Å². The van der Waals surface area contributed by atoms with Crippen LogP contribution in [0.5, 0.6) is 17.2 Å². The van der Waals surface area contributed by atoms with Crippen LogP contribution in [-0.2, 0) is 26.1 Å². The number of rotatable bonds is 12. The molecule has 0 aliphatic carbocycles. The lowest BCUT2D eigenvalue weighted by Gasteiger charge is -2.19. The lowest BCUT2D eigenvalue weighted by molar-refractivity contribution is -0.152. The molecule has 0 fully saturated rings. The molecule has 3 aromatic carbocycles. The van der Waals surface area contributed by atoms with E-state index in [0.29, 0.717) is 31.1 Å². The molecular formula is C31H38O6. The lowest BCUT2D eigenvalue weighted by Crippen LogP contribution is -2.26. The molecule has 0 N–H and O–H groups in total. The van der Waals surface area contributed by atoms with Crippen LogP contribution in [0, 0.1) is 0 Å². The van der Waals surface area contributed by atoms with E-state index in [9.17, 15) is 4.79 Å². The standard InChI is InChI=1S/C31H38O6/c1-31(2,3)25-13-8-22(9-14-25)23-10-15-26(16-11-23)36-18-7-19-37-27-17-12-24(28(21-27)33-4)20-29(34-5)30(32)35-6/h8-17,21,29H,7,18-20H2,1-6H3. The topological polar surface area (TPSA) is 63.2 Å². The first kappa shape index (κ1) is 28.1. The third-order valence-electron chi connectivity index (χ3n) is 6.18. The average molecular weight is 507 g/mol. The summed E-state index contributed by atoms with van der Waals surface area (Å²) in [6.45, 7) is 7.71. The molecule has 0 bridgehead atoms. The molecule has 0 saturated carbocycles. The summed E-state index contributed by atoms with van der Waals surface area (Å²) in [7, 11) is 4.41. The van der Waals surface area contributed by atoms with Crippen LogP contribution in [0.15, 0.2) is 66.7 Å². The maximum absolute atomic E-state index is 11.8. The molecule has 37 heavy (non-hydrogen) atoms. The molecule has 0 aliphatic rings. The molecule has 0 heterocycles. The molecule has 0 aliphatic heterocycles. The number of benzene rings is 3. The molecule has 3 rings (SSSR count). The zero-order valence-electron chi connectivity index (χ0n) is 22.7. The van der Waals surface area contributed by atoms with Gasteiger partial charge >= 0.3 is 5.97 Å². The van der Waals surface area contributed by atoms with Gasteiger partial charge in [0.2, 0.25) is 0 Å². The first-order chi connectivity index (χ1) is 17.7. The van der Waals surface area contributed by atoms with Crippen molar-refractivity contribution in [2.24, 2.45) is 0 Å². The largest absolute Gasteiger partial charge is 0.496 e. The highest BCUT2D eigenvalue weighted by atomic mass is 16.6. The summed E-state index contributed by atoms with van der Waals surface area (Å²) in [5.41, 5.74) is 4.67. The van der Waals surface area contributed by atoms with Gasteiger partial charge in [0.15, 0.2) is 6.10 Å². The summed E-state index contributed by atoms with van der Waals surface area (Å²) in [5, 5.41) is 0. The van der Waals surface area contributed by atoms with E-state index in [1.54, 1.807) is 7.11 Å². The van der Waals surface area contributed by atoms with Crippen LogP contribution < -0.4 is 14.2 Å². The summed E-state index contributed by atoms with van der Waals surface area (Å²) in [6, 6.07) is 22.4. The van der Waals surface area contributed by atoms with Crippen molar-refractivity contribution in [3.63, 3.8) is 0 Å². The van der Waals surface area contributed by atoms with Gasteiger partial charge in [-0.25, -0.2) is 4.79 Å². The smallest absolute Gasteiger partial charge is 0.335 e. The highest BCUT2D eigenvalue weighted by molar-refractivity contribution is 5.75. The Kier molecular flexibility index (Phi) is 9.98. The van der Waals surface area contributed by atoms with Gasteiger partial charge in [-0.3, -0.25) is 0 Å². The van der Waals surface area contributed by atoms with E-state index in [2.05, 4.69) is 57.2 Å². The zero-order chi connectivity index (χ0) is 26.8. The van der Waals surface area contributed by atoms with E-state index in [-0.39, 0.29) is 5.41 Å². The Hall–Kier alpha value is -3.51. The van der Waals surface area contributed by atoms with Gasteiger partial charge in [0.25, 0.3) is 0 Å². The average Bonchev–Trinajstić information content (AvgIpc) is 2.91. The van der Waals surface area contributed by atoms with Crippen molar-refractivity contribution >= 4 is 5.97 Å². The van der Waals surface area contributed by atoms with Gasteiger partial charge in [-0.2, -0.15) is 0 Å². The minimum atomic E-state index is -0.689. The molecule has 3 aromatic rings. The van der Waals surface area contributed by atoms with E-state index >= 15 is 0 Å². The van der Waals surface area contributed by atoms with E-state index in [1.165, 1.54) is 25.3 Å². The van der Waals surface area contributed by atoms with Crippen LogP contribution in [0.2, 0.25) is 0 Å². The Bertz CT molecular complexity index is 1130. The summed E-state index contributed by atoms with van der Waals surface area (Å²) in [4.78, 5) is 11.8. The molecule has 6 heteroatoms. The molecule has 198 valence electrons. The number of carbonyl (C=O) groups is 1. The second kappa shape index (κ2) is 13.2. The maximum atomic E-state index is 11.8. The summed E-state index contributed by atoms with van der Waals surface area (Å²) >= 11 is 0. The van der Waals surface area contributed by atoms with E-state index < -0.39 is 12.1 Å². The number of methoxy groups -OCH3 is 3. The second-order valence-corrected chi connectivity index (χ2v) is 9.83. The number of esters is 1. The molecule has 0 saturated heterocycles. The molecule has 0 radical (unpaired) electrons. The summed E-state index contributed by atoms with van der Waals surface area (Å²) in [5.74, 6) is 1.73. The van der Waals surface area contributed by atoms with Gasteiger partial charge in [0.1, 0.15) is 17.2 Å². The SMILES string of the molecule is COC(=O)C(Cc1ccc(OCCCOc2ccc(-c3ccc(C(C)(C)C)cc3)cc2)cc1OC)OC. The Morgan fingerprint density at radius 3 is 1.89 bits per heavy atom. The van der Waals surface area contributed by atoms with Crippen molar-refractivity contribution in [3.05, 3.63) is 77.9 Å². The fourth-order valence-corrected chi connectivity index (χ4v) is 3.92. The molecule has 0 aromatic heterocycles. The number of ether oxygens (including phenoxy) is 5. The Labute approximate surface area is 220 Å². The van der Waals surface area contributed by atoms with Gasteiger partial charge in [-0.1, -0.05) is 63.2 Å². The molecular weight excluding hydrogens is 468 g/mol. The van der Waals surface area contributed by atoms with Crippen LogP contribution in [0.4, 0.5) is 0 Å². The Balaban J connectivity index is 1.46. The van der Waals surface area contributed by atoms with Gasteiger partial charge in [-0.15, -0.1) is 0 Å². The maximum Gasteiger partial charge on any atom is 0.335 e. The predicted molar refractivity (Wildman–Crippen MR) is 146 cm³/mol. The first-order valence-corrected chi connectivity index (χ1v) is 12.5. The third-order valence-corrected chi connectivity index (χ3v) is 6.18. The van der Waals surface area contributed by atoms with Crippen molar-refractivity contribution in [2.45, 2.75) is 45.1 Å². The van der Waals surface area contributed by atoms with E-state index in [4.69, 9.17) is 23.7 Å². The minimum Gasteiger partial charge on any atom is -0.496 e. The zero-order valence-corrected chi connectivity index (χ0v) is 22.7. The first-order valence-electron chi connectivity index (χ1n) is 12.5. The monoisotopic (exact) mass is 506 g/mol. The minimum absolute atomic E-state index is 0.148.